The summed E-state index contributed by atoms with van der Waals surface area (Å²) in [7, 11) is 0. The third-order valence-corrected chi connectivity index (χ3v) is 9.06. The van der Waals surface area contributed by atoms with E-state index in [1.807, 2.05) is 48.5 Å². The molecule has 9 rings (SSSR count). The third kappa shape index (κ3) is 4.09. The lowest BCUT2D eigenvalue weighted by Gasteiger charge is -2.08. The summed E-state index contributed by atoms with van der Waals surface area (Å²) in [6.45, 7) is 0. The molecule has 0 saturated carbocycles. The van der Waals surface area contributed by atoms with Gasteiger partial charge in [0.1, 0.15) is 11.2 Å². The summed E-state index contributed by atoms with van der Waals surface area (Å²) >= 11 is 1.79. The molecule has 6 aromatic carbocycles. The van der Waals surface area contributed by atoms with E-state index >= 15 is 0 Å². The molecule has 0 bridgehead atoms. The van der Waals surface area contributed by atoms with Crippen LogP contribution in [0.15, 0.2) is 144 Å². The van der Waals surface area contributed by atoms with Gasteiger partial charge in [-0.25, -0.2) is 15.0 Å². The summed E-state index contributed by atoms with van der Waals surface area (Å²) in [5.41, 5.74) is 4.97. The lowest BCUT2D eigenvalue weighted by molar-refractivity contribution is 0.669. The molecular weight excluding hydrogens is 559 g/mol. The van der Waals surface area contributed by atoms with E-state index in [0.29, 0.717) is 28.4 Å². The summed E-state index contributed by atoms with van der Waals surface area (Å²) in [6, 6.07) is 34.1. The van der Waals surface area contributed by atoms with Gasteiger partial charge in [-0.1, -0.05) is 103 Å². The fraction of sp³-hybridized carbons (Fsp3) is 0. The number of thiophene rings is 1. The first-order valence-corrected chi connectivity index (χ1v) is 14.9. The largest absolute Gasteiger partial charge is 0.456 e. The van der Waals surface area contributed by atoms with E-state index < -0.39 is 18.1 Å². The van der Waals surface area contributed by atoms with E-state index in [2.05, 4.69) is 70.6 Å². The molecule has 0 saturated heterocycles. The smallest absolute Gasteiger partial charge is 0.164 e. The second-order valence-corrected chi connectivity index (χ2v) is 11.5. The molecule has 206 valence electrons. The van der Waals surface area contributed by atoms with Crippen molar-refractivity contribution in [1.82, 2.24) is 15.0 Å². The summed E-state index contributed by atoms with van der Waals surface area (Å²) in [4.78, 5) is 14.1. The van der Waals surface area contributed by atoms with E-state index in [-0.39, 0.29) is 23.5 Å². The predicted octanol–water partition coefficient (Wildman–Crippen LogP) is 10.8. The van der Waals surface area contributed by atoms with Crippen molar-refractivity contribution in [3.63, 3.8) is 0 Å². The number of aromatic nitrogens is 3. The quantitative estimate of drug-likeness (QED) is 0.206. The summed E-state index contributed by atoms with van der Waals surface area (Å²) in [6.07, 6.45) is 0. The lowest BCUT2D eigenvalue weighted by Crippen LogP contribution is -2.00. The maximum Gasteiger partial charge on any atom is 0.164 e. The van der Waals surface area contributed by atoms with Crippen LogP contribution in [0, 0.1) is 0 Å². The van der Waals surface area contributed by atoms with Crippen molar-refractivity contribution in [3.05, 3.63) is 139 Å². The molecule has 0 aliphatic carbocycles. The number of benzene rings is 6. The Labute approximate surface area is 264 Å². The molecule has 0 spiro atoms. The van der Waals surface area contributed by atoms with Gasteiger partial charge in [0, 0.05) is 47.6 Å². The van der Waals surface area contributed by atoms with Crippen LogP contribution in [0.5, 0.6) is 0 Å². The number of hydrogen-bond donors (Lipinski definition) is 0. The van der Waals surface area contributed by atoms with E-state index in [1.54, 1.807) is 11.3 Å². The number of nitrogens with zero attached hydrogens (tertiary/aromatic N) is 3. The Morgan fingerprint density at radius 1 is 0.500 bits per heavy atom. The van der Waals surface area contributed by atoms with Gasteiger partial charge in [-0.3, -0.25) is 0 Å². The second kappa shape index (κ2) is 9.97. The Kier molecular flexibility index (Phi) is 4.60. The minimum atomic E-state index is -0.475. The van der Waals surface area contributed by atoms with Crippen molar-refractivity contribution in [2.75, 3.05) is 0 Å². The van der Waals surface area contributed by atoms with E-state index in [1.165, 1.54) is 20.2 Å². The Bertz CT molecular complexity index is 2770. The van der Waals surface area contributed by atoms with Gasteiger partial charge in [-0.15, -0.1) is 11.3 Å². The van der Waals surface area contributed by atoms with Crippen LogP contribution in [0.3, 0.4) is 0 Å². The molecule has 0 unspecified atom stereocenters. The monoisotopic (exact) mass is 586 g/mol. The van der Waals surface area contributed by atoms with Crippen molar-refractivity contribution in [3.8, 4) is 45.3 Å². The zero-order valence-corrected chi connectivity index (χ0v) is 23.9. The van der Waals surface area contributed by atoms with Gasteiger partial charge in [-0.2, -0.15) is 0 Å². The highest BCUT2D eigenvalue weighted by atomic mass is 32.1. The Hall–Kier alpha value is -5.65. The van der Waals surface area contributed by atoms with Crippen LogP contribution in [0.4, 0.5) is 0 Å². The van der Waals surface area contributed by atoms with Crippen LogP contribution in [0.25, 0.3) is 87.4 Å². The van der Waals surface area contributed by atoms with Crippen LogP contribution in [-0.2, 0) is 0 Å². The predicted molar refractivity (Wildman–Crippen MR) is 182 cm³/mol. The molecule has 0 aliphatic heterocycles. The van der Waals surface area contributed by atoms with Crippen molar-refractivity contribution in [2.24, 2.45) is 0 Å². The Morgan fingerprint density at radius 2 is 1.23 bits per heavy atom. The molecule has 5 heteroatoms. The Balaban J connectivity index is 1.20. The zero-order chi connectivity index (χ0) is 33.4. The molecular formula is C39H23N3OS. The topological polar surface area (TPSA) is 51.8 Å². The molecule has 0 amide bonds. The number of fused-ring (bicyclic) bond motifs is 6. The van der Waals surface area contributed by atoms with Gasteiger partial charge in [0.25, 0.3) is 0 Å². The van der Waals surface area contributed by atoms with Crippen molar-refractivity contribution in [1.29, 1.82) is 0 Å². The van der Waals surface area contributed by atoms with Gasteiger partial charge >= 0.3 is 0 Å². The summed E-state index contributed by atoms with van der Waals surface area (Å²) in [5, 5.41) is 4.31. The van der Waals surface area contributed by atoms with Crippen LogP contribution in [0.1, 0.15) is 6.85 Å². The highest BCUT2D eigenvalue weighted by Crippen LogP contribution is 2.41. The van der Waals surface area contributed by atoms with Crippen LogP contribution < -0.4 is 0 Å². The maximum atomic E-state index is 8.57. The molecule has 0 fully saturated rings. The highest BCUT2D eigenvalue weighted by Gasteiger charge is 2.16. The van der Waals surface area contributed by atoms with Gasteiger partial charge in [0.15, 0.2) is 17.5 Å². The van der Waals surface area contributed by atoms with Gasteiger partial charge in [-0.05, 0) is 47.5 Å². The zero-order valence-electron chi connectivity index (χ0n) is 28.1. The first-order chi connectivity index (χ1) is 23.9. The third-order valence-electron chi connectivity index (χ3n) is 7.84. The van der Waals surface area contributed by atoms with Gasteiger partial charge in [0.2, 0.25) is 0 Å². The van der Waals surface area contributed by atoms with Crippen LogP contribution in [0.2, 0.25) is 0 Å². The average molecular weight is 587 g/mol. The first-order valence-electron chi connectivity index (χ1n) is 16.6. The Morgan fingerprint density at radius 3 is 2.09 bits per heavy atom. The lowest BCUT2D eigenvalue weighted by atomic mass is 10.0. The molecule has 3 aromatic heterocycles. The SMILES string of the molecule is [2H]c1c([2H])c([2H])c(-c2nc(-c3ccccc3)nc(-c3ccc4oc5cc(-c6cccc7c6sc6ccccc67)ccc5c4c3)n2)c([2H])c1[2H]. The van der Waals surface area contributed by atoms with Crippen LogP contribution in [-0.4, -0.2) is 15.0 Å². The molecule has 9 aromatic rings. The van der Waals surface area contributed by atoms with Crippen molar-refractivity contribution in [2.45, 2.75) is 0 Å². The molecule has 0 atom stereocenters. The van der Waals surface area contributed by atoms with E-state index in [4.69, 9.17) is 16.3 Å². The van der Waals surface area contributed by atoms with E-state index in [9.17, 15) is 0 Å². The highest BCUT2D eigenvalue weighted by molar-refractivity contribution is 7.26. The van der Waals surface area contributed by atoms with Gasteiger partial charge < -0.3 is 4.42 Å². The van der Waals surface area contributed by atoms with E-state index in [0.717, 1.165) is 27.5 Å². The maximum absolute atomic E-state index is 8.57. The molecule has 4 nitrogen and oxygen atoms in total. The summed E-state index contributed by atoms with van der Waals surface area (Å²) < 4.78 is 50.5. The minimum Gasteiger partial charge on any atom is -0.456 e. The van der Waals surface area contributed by atoms with Crippen LogP contribution >= 0.6 is 11.3 Å². The number of hydrogen-bond acceptors (Lipinski definition) is 5. The number of rotatable bonds is 4. The van der Waals surface area contributed by atoms with Crippen molar-refractivity contribution < 1.29 is 11.3 Å². The minimum absolute atomic E-state index is 0.00180. The fourth-order valence-corrected chi connectivity index (χ4v) is 6.99. The normalized spacial score (nSPS) is 13.2. The molecule has 0 aliphatic rings. The molecule has 44 heavy (non-hydrogen) atoms. The molecule has 0 radical (unpaired) electrons. The van der Waals surface area contributed by atoms with Crippen molar-refractivity contribution >= 4 is 53.4 Å². The molecule has 3 heterocycles. The van der Waals surface area contributed by atoms with Gasteiger partial charge in [0.05, 0.1) is 6.85 Å². The fourth-order valence-electron chi connectivity index (χ4n) is 5.75. The standard InChI is InChI=1S/C39H23N3OS/c1-3-10-24(11-4-1)37-40-38(25-12-5-2-6-13-25)42-39(41-37)27-19-21-33-32(22-27)29-20-18-26(23-34(29)43-33)28-15-9-16-31-30-14-7-8-17-35(30)44-36(28)31/h1-23H/i1D,3D,4D,10D,11D. The summed E-state index contributed by atoms with van der Waals surface area (Å²) in [5.74, 6) is 0.627. The molecule has 0 N–H and O–H groups in total. The second-order valence-electron chi connectivity index (χ2n) is 10.5. The average Bonchev–Trinajstić information content (AvgIpc) is 3.71. The first kappa shape index (κ1) is 20.3. The number of furan rings is 1.